The maximum absolute atomic E-state index is 13.1. The van der Waals surface area contributed by atoms with E-state index >= 15 is 0 Å². The van der Waals surface area contributed by atoms with E-state index in [1.165, 1.54) is 37.7 Å². The molecule has 0 radical (unpaired) electrons. The average molecular weight is 454 g/mol. The number of nitrogens with zero attached hydrogens (tertiary/aromatic N) is 1. The van der Waals surface area contributed by atoms with Gasteiger partial charge in [0.05, 0.1) is 7.11 Å². The number of carbonyl (C=O) groups excluding carboxylic acids is 1. The predicted octanol–water partition coefficient (Wildman–Crippen LogP) is 5.47. The van der Waals surface area contributed by atoms with Crippen LogP contribution in [0.25, 0.3) is 0 Å². The van der Waals surface area contributed by atoms with Crippen molar-refractivity contribution >= 4 is 11.7 Å². The van der Waals surface area contributed by atoms with E-state index < -0.39 is 0 Å². The van der Waals surface area contributed by atoms with Gasteiger partial charge in [-0.3, -0.25) is 0 Å². The van der Waals surface area contributed by atoms with Gasteiger partial charge in [0.1, 0.15) is 11.6 Å². The largest absolute Gasteiger partial charge is 0.497 e. The van der Waals surface area contributed by atoms with Crippen LogP contribution >= 0.6 is 0 Å². The summed E-state index contributed by atoms with van der Waals surface area (Å²) in [4.78, 5) is 15.2. The number of anilines is 1. The van der Waals surface area contributed by atoms with Crippen LogP contribution < -0.4 is 15.4 Å². The molecule has 0 spiro atoms. The molecule has 1 heterocycles. The van der Waals surface area contributed by atoms with E-state index in [0.29, 0.717) is 11.8 Å². The molecule has 1 saturated carbocycles. The van der Waals surface area contributed by atoms with Crippen molar-refractivity contribution in [2.24, 2.45) is 11.8 Å². The number of likely N-dealkylation sites (tertiary alicyclic amines) is 1. The van der Waals surface area contributed by atoms with Crippen LogP contribution in [0.1, 0.15) is 44.1 Å². The molecule has 6 heteroatoms. The molecule has 4 rings (SSSR count). The molecule has 0 bridgehead atoms. The number of benzene rings is 2. The minimum Gasteiger partial charge on any atom is -0.497 e. The van der Waals surface area contributed by atoms with Crippen LogP contribution in [0.4, 0.5) is 14.9 Å². The van der Waals surface area contributed by atoms with E-state index in [-0.39, 0.29) is 17.9 Å². The summed E-state index contributed by atoms with van der Waals surface area (Å²) in [5.41, 5.74) is 1.97. The highest BCUT2D eigenvalue weighted by atomic mass is 19.1. The number of methoxy groups -OCH3 is 1. The van der Waals surface area contributed by atoms with Crippen molar-refractivity contribution in [3.05, 3.63) is 59.9 Å². The number of ether oxygens (including phenoxy) is 1. The number of hydrogen-bond acceptors (Lipinski definition) is 3. The summed E-state index contributed by atoms with van der Waals surface area (Å²) in [5, 5.41) is 6.20. The molecule has 5 nitrogen and oxygen atoms in total. The van der Waals surface area contributed by atoms with E-state index in [4.69, 9.17) is 4.74 Å². The Morgan fingerprint density at radius 1 is 1.06 bits per heavy atom. The molecular formula is C27H36FN3O2. The SMILES string of the molecule is COc1cccc(NC(=O)NC2CCCC[C@H]2CN2CCC(Cc3ccc(F)cc3)CC2)c1. The second-order valence-corrected chi connectivity index (χ2v) is 9.56. The minimum atomic E-state index is -0.165. The summed E-state index contributed by atoms with van der Waals surface area (Å²) in [6, 6.07) is 14.5. The van der Waals surface area contributed by atoms with Crippen LogP contribution in [0, 0.1) is 17.7 Å². The number of urea groups is 1. The monoisotopic (exact) mass is 453 g/mol. The number of carbonyl (C=O) groups is 1. The number of amides is 2. The standard InChI is InChI=1S/C27H36FN3O2/c1-33-25-7-4-6-24(18-25)29-27(32)30-26-8-3-2-5-22(26)19-31-15-13-21(14-16-31)17-20-9-11-23(28)12-10-20/h4,6-7,9-12,18,21-22,26H,2-3,5,8,13-17,19H2,1H3,(H2,29,30,32)/t22-,26?/m0/s1. The van der Waals surface area contributed by atoms with Crippen molar-refractivity contribution in [3.8, 4) is 5.75 Å². The van der Waals surface area contributed by atoms with Crippen LogP contribution in [0.15, 0.2) is 48.5 Å². The third-order valence-corrected chi connectivity index (χ3v) is 7.19. The van der Waals surface area contributed by atoms with Gasteiger partial charge in [-0.15, -0.1) is 0 Å². The minimum absolute atomic E-state index is 0.141. The Labute approximate surface area is 196 Å². The summed E-state index contributed by atoms with van der Waals surface area (Å²) >= 11 is 0. The lowest BCUT2D eigenvalue weighted by atomic mass is 9.83. The van der Waals surface area contributed by atoms with E-state index in [9.17, 15) is 9.18 Å². The first-order chi connectivity index (χ1) is 16.1. The fraction of sp³-hybridized carbons (Fsp3) is 0.519. The third-order valence-electron chi connectivity index (χ3n) is 7.19. The molecule has 2 fully saturated rings. The van der Waals surface area contributed by atoms with Crippen LogP contribution in [-0.2, 0) is 6.42 Å². The molecule has 2 aliphatic rings. The van der Waals surface area contributed by atoms with Crippen LogP contribution in [0.2, 0.25) is 0 Å². The lowest BCUT2D eigenvalue weighted by Gasteiger charge is -2.39. The predicted molar refractivity (Wildman–Crippen MR) is 130 cm³/mol. The van der Waals surface area contributed by atoms with Gasteiger partial charge in [0, 0.05) is 24.3 Å². The molecular weight excluding hydrogens is 417 g/mol. The first kappa shape index (κ1) is 23.6. The second-order valence-electron chi connectivity index (χ2n) is 9.56. The molecule has 0 aromatic heterocycles. The van der Waals surface area contributed by atoms with E-state index in [0.717, 1.165) is 43.9 Å². The highest BCUT2D eigenvalue weighted by Gasteiger charge is 2.29. The van der Waals surface area contributed by atoms with Crippen LogP contribution in [0.5, 0.6) is 5.75 Å². The van der Waals surface area contributed by atoms with Crippen molar-refractivity contribution < 1.29 is 13.9 Å². The maximum atomic E-state index is 13.1. The Hall–Kier alpha value is -2.60. The summed E-state index contributed by atoms with van der Waals surface area (Å²) in [5.74, 6) is 1.72. The van der Waals surface area contributed by atoms with Gasteiger partial charge in [-0.05, 0) is 86.9 Å². The Bertz CT molecular complexity index is 896. The van der Waals surface area contributed by atoms with Gasteiger partial charge < -0.3 is 20.3 Å². The highest BCUT2D eigenvalue weighted by molar-refractivity contribution is 5.89. The zero-order valence-electron chi connectivity index (χ0n) is 19.6. The Kier molecular flexibility index (Phi) is 8.21. The quantitative estimate of drug-likeness (QED) is 0.585. The Morgan fingerprint density at radius 2 is 1.82 bits per heavy atom. The van der Waals surface area contributed by atoms with Gasteiger partial charge in [0.15, 0.2) is 0 Å². The normalized spacial score (nSPS) is 22.0. The number of halogens is 1. The van der Waals surface area contributed by atoms with Crippen molar-refractivity contribution in [1.29, 1.82) is 0 Å². The molecule has 2 aromatic carbocycles. The lowest BCUT2D eigenvalue weighted by Crippen LogP contribution is -2.48. The van der Waals surface area contributed by atoms with Gasteiger partial charge in [0.2, 0.25) is 0 Å². The van der Waals surface area contributed by atoms with Gasteiger partial charge in [-0.2, -0.15) is 0 Å². The van der Waals surface area contributed by atoms with Gasteiger partial charge >= 0.3 is 6.03 Å². The fourth-order valence-electron chi connectivity index (χ4n) is 5.31. The molecule has 1 aliphatic heterocycles. The zero-order valence-corrected chi connectivity index (χ0v) is 19.6. The molecule has 2 amide bonds. The molecule has 1 unspecified atom stereocenters. The van der Waals surface area contributed by atoms with Crippen molar-refractivity contribution in [2.45, 2.75) is 51.0 Å². The van der Waals surface area contributed by atoms with Gasteiger partial charge in [-0.1, -0.05) is 31.0 Å². The maximum Gasteiger partial charge on any atom is 0.319 e. The third kappa shape index (κ3) is 6.94. The zero-order chi connectivity index (χ0) is 23.0. The van der Waals surface area contributed by atoms with Gasteiger partial charge in [-0.25, -0.2) is 9.18 Å². The summed E-state index contributed by atoms with van der Waals surface area (Å²) in [7, 11) is 1.62. The molecule has 2 N–H and O–H groups in total. The average Bonchev–Trinajstić information content (AvgIpc) is 2.83. The fourth-order valence-corrected chi connectivity index (χ4v) is 5.31. The Morgan fingerprint density at radius 3 is 2.58 bits per heavy atom. The Balaban J connectivity index is 1.24. The lowest BCUT2D eigenvalue weighted by molar-refractivity contribution is 0.130. The number of rotatable bonds is 7. The molecule has 33 heavy (non-hydrogen) atoms. The van der Waals surface area contributed by atoms with E-state index in [1.807, 2.05) is 36.4 Å². The summed E-state index contributed by atoms with van der Waals surface area (Å²) in [6.07, 6.45) is 8.00. The summed E-state index contributed by atoms with van der Waals surface area (Å²) in [6.45, 7) is 3.25. The molecule has 2 aromatic rings. The smallest absolute Gasteiger partial charge is 0.319 e. The first-order valence-corrected chi connectivity index (χ1v) is 12.3. The van der Waals surface area contributed by atoms with Crippen LogP contribution in [0.3, 0.4) is 0 Å². The number of nitrogens with one attached hydrogen (secondary N) is 2. The highest BCUT2D eigenvalue weighted by Crippen LogP contribution is 2.28. The number of hydrogen-bond donors (Lipinski definition) is 2. The van der Waals surface area contributed by atoms with Gasteiger partial charge in [0.25, 0.3) is 0 Å². The topological polar surface area (TPSA) is 53.6 Å². The first-order valence-electron chi connectivity index (χ1n) is 12.3. The van der Waals surface area contributed by atoms with E-state index in [1.54, 1.807) is 19.2 Å². The summed E-state index contributed by atoms with van der Waals surface area (Å²) < 4.78 is 18.4. The second kappa shape index (κ2) is 11.5. The molecule has 2 atom stereocenters. The molecule has 178 valence electrons. The molecule has 1 saturated heterocycles. The van der Waals surface area contributed by atoms with Crippen molar-refractivity contribution in [1.82, 2.24) is 10.2 Å². The van der Waals surface area contributed by atoms with Crippen molar-refractivity contribution in [2.75, 3.05) is 32.1 Å². The van der Waals surface area contributed by atoms with Crippen molar-refractivity contribution in [3.63, 3.8) is 0 Å². The van der Waals surface area contributed by atoms with E-state index in [2.05, 4.69) is 15.5 Å². The number of piperidine rings is 1. The van der Waals surface area contributed by atoms with Crippen LogP contribution in [-0.4, -0.2) is 43.7 Å². The molecule has 1 aliphatic carbocycles.